The third kappa shape index (κ3) is 3.84. The van der Waals surface area contributed by atoms with Gasteiger partial charge in [-0.05, 0) is 30.7 Å². The fourth-order valence-electron chi connectivity index (χ4n) is 2.12. The van der Waals surface area contributed by atoms with Gasteiger partial charge in [-0.1, -0.05) is 0 Å². The van der Waals surface area contributed by atoms with Crippen molar-refractivity contribution in [3.05, 3.63) is 24.3 Å². The average Bonchev–Trinajstić information content (AvgIpc) is 2.77. The van der Waals surface area contributed by atoms with Crippen LogP contribution in [0.3, 0.4) is 0 Å². The third-order valence-corrected chi connectivity index (χ3v) is 5.09. The van der Waals surface area contributed by atoms with E-state index in [0.29, 0.717) is 12.2 Å². The molecule has 0 aliphatic carbocycles. The summed E-state index contributed by atoms with van der Waals surface area (Å²) in [6, 6.07) is 7.03. The zero-order valence-electron chi connectivity index (χ0n) is 10.8. The highest BCUT2D eigenvalue weighted by Crippen LogP contribution is 2.23. The van der Waals surface area contributed by atoms with Crippen molar-refractivity contribution in [3.8, 4) is 11.5 Å². The van der Waals surface area contributed by atoms with Crippen LogP contribution in [0, 0.1) is 5.92 Å². The first-order valence-corrected chi connectivity index (χ1v) is 7.97. The summed E-state index contributed by atoms with van der Waals surface area (Å²) < 4.78 is 33.1. The first kappa shape index (κ1) is 14.1. The van der Waals surface area contributed by atoms with Gasteiger partial charge in [-0.15, -0.1) is 0 Å². The molecule has 0 radical (unpaired) electrons. The highest BCUT2D eigenvalue weighted by atomic mass is 32.2. The minimum atomic E-state index is -2.96. The lowest BCUT2D eigenvalue weighted by atomic mass is 10.0. The number of aliphatic hydroxyl groups is 1. The van der Waals surface area contributed by atoms with Crippen LogP contribution in [0.15, 0.2) is 24.3 Å². The molecule has 1 aromatic carbocycles. The summed E-state index contributed by atoms with van der Waals surface area (Å²) in [5.74, 6) is 1.36. The molecule has 1 aliphatic heterocycles. The zero-order valence-corrected chi connectivity index (χ0v) is 11.6. The smallest absolute Gasteiger partial charge is 0.150 e. The third-order valence-electron chi connectivity index (χ3n) is 3.29. The second-order valence-electron chi connectivity index (χ2n) is 4.72. The van der Waals surface area contributed by atoms with Crippen molar-refractivity contribution in [2.24, 2.45) is 5.92 Å². The van der Waals surface area contributed by atoms with E-state index < -0.39 is 15.9 Å². The quantitative estimate of drug-likeness (QED) is 0.869. The normalized spacial score (nSPS) is 22.9. The maximum absolute atomic E-state index is 11.3. The molecule has 0 amide bonds. The molecule has 2 rings (SSSR count). The molecule has 1 N–H and O–H groups in total. The predicted octanol–water partition coefficient (Wildman–Crippen LogP) is 0.870. The van der Waals surface area contributed by atoms with Gasteiger partial charge in [0.1, 0.15) is 18.1 Å². The van der Waals surface area contributed by atoms with Crippen LogP contribution in [0.2, 0.25) is 0 Å². The predicted molar refractivity (Wildman–Crippen MR) is 71.3 cm³/mol. The van der Waals surface area contributed by atoms with Crippen molar-refractivity contribution < 1.29 is 23.0 Å². The fraction of sp³-hybridized carbons (Fsp3) is 0.538. The van der Waals surface area contributed by atoms with Gasteiger partial charge < -0.3 is 14.6 Å². The molecule has 0 spiro atoms. The van der Waals surface area contributed by atoms with Crippen LogP contribution < -0.4 is 9.47 Å². The summed E-state index contributed by atoms with van der Waals surface area (Å²) in [5.41, 5.74) is 0. The molecule has 19 heavy (non-hydrogen) atoms. The molecule has 1 aliphatic rings. The number of methoxy groups -OCH3 is 1. The second kappa shape index (κ2) is 5.79. The lowest BCUT2D eigenvalue weighted by Gasteiger charge is -2.17. The second-order valence-corrected chi connectivity index (χ2v) is 6.95. The highest BCUT2D eigenvalue weighted by Gasteiger charge is 2.33. The van der Waals surface area contributed by atoms with Crippen LogP contribution in [0.5, 0.6) is 11.5 Å². The number of hydrogen-bond acceptors (Lipinski definition) is 5. The largest absolute Gasteiger partial charge is 0.497 e. The first-order valence-electron chi connectivity index (χ1n) is 6.15. The van der Waals surface area contributed by atoms with E-state index in [4.69, 9.17) is 9.47 Å². The molecule has 106 valence electrons. The summed E-state index contributed by atoms with van der Waals surface area (Å²) in [5, 5.41) is 9.93. The lowest BCUT2D eigenvalue weighted by molar-refractivity contribution is 0.0661. The van der Waals surface area contributed by atoms with Gasteiger partial charge in [-0.3, -0.25) is 0 Å². The molecule has 0 saturated carbocycles. The molecule has 5 nitrogen and oxygen atoms in total. The van der Waals surface area contributed by atoms with E-state index in [2.05, 4.69) is 0 Å². The number of sulfone groups is 1. The number of hydrogen-bond donors (Lipinski definition) is 1. The zero-order chi connectivity index (χ0) is 13.9. The van der Waals surface area contributed by atoms with E-state index >= 15 is 0 Å². The van der Waals surface area contributed by atoms with Gasteiger partial charge in [0, 0.05) is 5.92 Å². The van der Waals surface area contributed by atoms with E-state index in [1.54, 1.807) is 31.4 Å². The van der Waals surface area contributed by atoms with Gasteiger partial charge in [0.2, 0.25) is 0 Å². The maximum atomic E-state index is 11.3. The van der Waals surface area contributed by atoms with Crippen molar-refractivity contribution in [3.63, 3.8) is 0 Å². The van der Waals surface area contributed by atoms with Crippen LogP contribution in [0.25, 0.3) is 0 Å². The fourth-order valence-corrected chi connectivity index (χ4v) is 3.99. The van der Waals surface area contributed by atoms with Crippen LogP contribution in [0.1, 0.15) is 6.42 Å². The average molecular weight is 286 g/mol. The molecule has 6 heteroatoms. The van der Waals surface area contributed by atoms with Crippen LogP contribution in [0.4, 0.5) is 0 Å². The van der Waals surface area contributed by atoms with Gasteiger partial charge in [0.15, 0.2) is 9.84 Å². The minimum absolute atomic E-state index is 0.0557. The van der Waals surface area contributed by atoms with E-state index in [1.165, 1.54) is 0 Å². The van der Waals surface area contributed by atoms with Gasteiger partial charge in [-0.2, -0.15) is 0 Å². The van der Waals surface area contributed by atoms with Crippen molar-refractivity contribution in [1.29, 1.82) is 0 Å². The van der Waals surface area contributed by atoms with Gasteiger partial charge >= 0.3 is 0 Å². The van der Waals surface area contributed by atoms with E-state index in [1.807, 2.05) is 0 Å². The van der Waals surface area contributed by atoms with Crippen molar-refractivity contribution >= 4 is 9.84 Å². The molecule has 1 fully saturated rings. The Kier molecular flexibility index (Phi) is 4.31. The van der Waals surface area contributed by atoms with Gasteiger partial charge in [0.05, 0.1) is 24.7 Å². The Morgan fingerprint density at radius 2 is 1.95 bits per heavy atom. The molecule has 0 bridgehead atoms. The Hall–Kier alpha value is -1.27. The summed E-state index contributed by atoms with van der Waals surface area (Å²) in [6.45, 7) is 0.104. The maximum Gasteiger partial charge on any atom is 0.150 e. The van der Waals surface area contributed by atoms with Crippen molar-refractivity contribution in [2.75, 3.05) is 25.2 Å². The van der Waals surface area contributed by atoms with Gasteiger partial charge in [-0.25, -0.2) is 8.42 Å². The number of rotatable bonds is 5. The van der Waals surface area contributed by atoms with E-state index in [-0.39, 0.29) is 24.0 Å². The Balaban J connectivity index is 1.84. The van der Waals surface area contributed by atoms with Crippen LogP contribution >= 0.6 is 0 Å². The standard InChI is InChI=1S/C13H18O5S/c1-17-11-2-4-12(5-3-11)18-8-13(14)10-6-7-19(15,16)9-10/h2-5,10,13-14H,6-9H2,1H3. The number of benzene rings is 1. The van der Waals surface area contributed by atoms with Crippen LogP contribution in [-0.2, 0) is 9.84 Å². The van der Waals surface area contributed by atoms with Crippen LogP contribution in [-0.4, -0.2) is 44.9 Å². The molecule has 1 heterocycles. The topological polar surface area (TPSA) is 72.8 Å². The molecule has 0 aromatic heterocycles. The Morgan fingerprint density at radius 3 is 2.47 bits per heavy atom. The molecule has 1 saturated heterocycles. The summed E-state index contributed by atoms with van der Waals surface area (Å²) in [4.78, 5) is 0. The Bertz CT molecular complexity index is 508. The van der Waals surface area contributed by atoms with E-state index in [9.17, 15) is 13.5 Å². The minimum Gasteiger partial charge on any atom is -0.497 e. The molecular formula is C13H18O5S. The highest BCUT2D eigenvalue weighted by molar-refractivity contribution is 7.91. The van der Waals surface area contributed by atoms with Crippen molar-refractivity contribution in [1.82, 2.24) is 0 Å². The summed E-state index contributed by atoms with van der Waals surface area (Å²) in [7, 11) is -1.38. The number of ether oxygens (including phenoxy) is 2. The monoisotopic (exact) mass is 286 g/mol. The lowest BCUT2D eigenvalue weighted by Crippen LogP contribution is -2.28. The SMILES string of the molecule is COc1ccc(OCC(O)C2CCS(=O)(=O)C2)cc1. The van der Waals surface area contributed by atoms with E-state index in [0.717, 1.165) is 5.75 Å². The van der Waals surface area contributed by atoms with Crippen molar-refractivity contribution in [2.45, 2.75) is 12.5 Å². The first-order chi connectivity index (χ1) is 9.00. The molecule has 1 aromatic rings. The Morgan fingerprint density at radius 1 is 1.32 bits per heavy atom. The molecular weight excluding hydrogens is 268 g/mol. The summed E-state index contributed by atoms with van der Waals surface area (Å²) >= 11 is 0. The van der Waals surface area contributed by atoms with Gasteiger partial charge in [0.25, 0.3) is 0 Å². The molecule has 2 unspecified atom stereocenters. The number of aliphatic hydroxyl groups excluding tert-OH is 1. The Labute approximate surface area is 113 Å². The molecule has 2 atom stereocenters. The summed E-state index contributed by atoms with van der Waals surface area (Å²) in [6.07, 6.45) is -0.241.